The minimum Gasteiger partial charge on any atom is -0.493 e. The first-order valence-corrected chi connectivity index (χ1v) is 11.6. The minimum atomic E-state index is -4.46. The van der Waals surface area contributed by atoms with Gasteiger partial charge < -0.3 is 25.8 Å². The maximum Gasteiger partial charge on any atom is 0.416 e. The maximum absolute atomic E-state index is 14.2. The quantitative estimate of drug-likeness (QED) is 0.463. The molecular formula is C25H29F4N3O4. The highest BCUT2D eigenvalue weighted by Crippen LogP contribution is 2.29. The molecule has 196 valence electrons. The molecule has 0 radical (unpaired) electrons. The summed E-state index contributed by atoms with van der Waals surface area (Å²) in [5.41, 5.74) is 0.0755. The van der Waals surface area contributed by atoms with Crippen molar-refractivity contribution in [3.8, 4) is 5.75 Å². The molecule has 1 aliphatic rings. The van der Waals surface area contributed by atoms with Crippen LogP contribution >= 0.6 is 0 Å². The van der Waals surface area contributed by atoms with E-state index in [9.17, 15) is 32.3 Å². The Kier molecular flexibility index (Phi) is 9.65. The highest BCUT2D eigenvalue weighted by Gasteiger charge is 2.30. The van der Waals surface area contributed by atoms with Crippen molar-refractivity contribution >= 4 is 11.8 Å². The smallest absolute Gasteiger partial charge is 0.416 e. The molecule has 2 bridgehead atoms. The second kappa shape index (κ2) is 12.7. The lowest BCUT2D eigenvalue weighted by Gasteiger charge is -2.25. The number of benzene rings is 2. The van der Waals surface area contributed by atoms with E-state index in [-0.39, 0.29) is 38.4 Å². The van der Waals surface area contributed by atoms with Crippen LogP contribution in [0.3, 0.4) is 0 Å². The van der Waals surface area contributed by atoms with E-state index < -0.39 is 35.6 Å². The third kappa shape index (κ3) is 8.80. The molecule has 2 amide bonds. The predicted molar refractivity (Wildman–Crippen MR) is 124 cm³/mol. The maximum atomic E-state index is 14.2. The van der Waals surface area contributed by atoms with E-state index >= 15 is 0 Å². The Balaban J connectivity index is 1.70. The van der Waals surface area contributed by atoms with Gasteiger partial charge in [-0.25, -0.2) is 4.39 Å². The third-order valence-corrected chi connectivity index (χ3v) is 5.65. The largest absolute Gasteiger partial charge is 0.493 e. The molecule has 0 saturated heterocycles. The topological polar surface area (TPSA) is 99.7 Å². The van der Waals surface area contributed by atoms with Gasteiger partial charge in [0.25, 0.3) is 0 Å². The number of aliphatic hydroxyl groups excluding tert-OH is 1. The van der Waals surface area contributed by atoms with Crippen molar-refractivity contribution < 1.29 is 37.0 Å². The molecule has 0 saturated carbocycles. The minimum absolute atomic E-state index is 0.0512. The zero-order chi connectivity index (χ0) is 26.1. The van der Waals surface area contributed by atoms with Gasteiger partial charge in [-0.2, -0.15) is 13.2 Å². The van der Waals surface area contributed by atoms with Gasteiger partial charge in [0.1, 0.15) is 11.6 Å². The molecule has 1 heterocycles. The molecule has 2 aromatic carbocycles. The summed E-state index contributed by atoms with van der Waals surface area (Å²) in [5.74, 6) is -1.07. The van der Waals surface area contributed by atoms with Gasteiger partial charge in [-0.3, -0.25) is 9.59 Å². The first kappa shape index (κ1) is 27.4. The van der Waals surface area contributed by atoms with Crippen LogP contribution in [0.1, 0.15) is 36.0 Å². The number of carbonyl (C=O) groups excluding carboxylic acids is 2. The summed E-state index contributed by atoms with van der Waals surface area (Å²) in [5, 5.41) is 18.9. The number of carbonyl (C=O) groups is 2. The van der Waals surface area contributed by atoms with E-state index in [2.05, 4.69) is 16.0 Å². The first-order valence-electron chi connectivity index (χ1n) is 11.6. The number of rotatable bonds is 5. The number of nitrogens with one attached hydrogen (secondary N) is 3. The summed E-state index contributed by atoms with van der Waals surface area (Å²) in [4.78, 5) is 24.4. The molecule has 1 aliphatic heterocycles. The first-order chi connectivity index (χ1) is 17.1. The summed E-state index contributed by atoms with van der Waals surface area (Å²) < 4.78 is 58.6. The highest BCUT2D eigenvalue weighted by atomic mass is 19.4. The molecule has 0 aliphatic carbocycles. The molecule has 2 atom stereocenters. The number of fused-ring (bicyclic) bond motifs is 2. The Labute approximate surface area is 206 Å². The van der Waals surface area contributed by atoms with Crippen LogP contribution in [0.5, 0.6) is 5.75 Å². The van der Waals surface area contributed by atoms with Gasteiger partial charge in [0.2, 0.25) is 11.8 Å². The fourth-order valence-electron chi connectivity index (χ4n) is 3.83. The zero-order valence-corrected chi connectivity index (χ0v) is 19.5. The Hall–Kier alpha value is -3.18. The molecule has 0 aromatic heterocycles. The van der Waals surface area contributed by atoms with E-state index in [1.54, 1.807) is 6.07 Å². The molecular weight excluding hydrogens is 482 g/mol. The van der Waals surface area contributed by atoms with Crippen molar-refractivity contribution in [1.82, 2.24) is 16.0 Å². The van der Waals surface area contributed by atoms with E-state index in [1.165, 1.54) is 24.3 Å². The molecule has 11 heteroatoms. The summed E-state index contributed by atoms with van der Waals surface area (Å²) in [6.07, 6.45) is -4.26. The average molecular weight is 512 g/mol. The number of ether oxygens (including phenoxy) is 1. The standard InChI is InChI=1S/C25H29F4N3O4/c26-19-9-17-10-20(12-19)36-7-2-1-6-23(34)31-15-24(35)32-21(11-17)22(33)14-30-13-16-4-3-5-18(8-16)25(27,28)29/h3-5,8-10,12,21-22,30,33H,1-2,6-7,11,13-15H2,(H,31,34)(H,32,35)/t21?,22-/m1/s1. The van der Waals surface area contributed by atoms with Gasteiger partial charge in [-0.05, 0) is 48.6 Å². The predicted octanol–water partition coefficient (Wildman–Crippen LogP) is 2.70. The zero-order valence-electron chi connectivity index (χ0n) is 19.5. The van der Waals surface area contributed by atoms with Gasteiger partial charge in [-0.15, -0.1) is 0 Å². The van der Waals surface area contributed by atoms with Gasteiger partial charge in [-0.1, -0.05) is 18.2 Å². The van der Waals surface area contributed by atoms with Crippen LogP contribution in [-0.4, -0.2) is 48.8 Å². The van der Waals surface area contributed by atoms with Crippen molar-refractivity contribution in [2.75, 3.05) is 19.7 Å². The monoisotopic (exact) mass is 511 g/mol. The normalized spacial score (nSPS) is 18.8. The van der Waals surface area contributed by atoms with Gasteiger partial charge in [0, 0.05) is 25.6 Å². The number of halogens is 4. The van der Waals surface area contributed by atoms with Crippen molar-refractivity contribution in [3.63, 3.8) is 0 Å². The third-order valence-electron chi connectivity index (χ3n) is 5.65. The Bertz CT molecular complexity index is 1050. The van der Waals surface area contributed by atoms with E-state index in [1.807, 2.05) is 0 Å². The van der Waals surface area contributed by atoms with Gasteiger partial charge in [0.05, 0.1) is 30.9 Å². The van der Waals surface area contributed by atoms with Crippen LogP contribution in [0, 0.1) is 5.82 Å². The average Bonchev–Trinajstić information content (AvgIpc) is 2.81. The van der Waals surface area contributed by atoms with E-state index in [0.29, 0.717) is 36.3 Å². The SMILES string of the molecule is O=C1CCCCOc2cc(F)cc(c2)CC([C@H](O)CNCc2cccc(C(F)(F)F)c2)NC(=O)CN1. The summed E-state index contributed by atoms with van der Waals surface area (Å²) in [7, 11) is 0. The van der Waals surface area contributed by atoms with Crippen molar-refractivity contribution in [2.45, 2.75) is 50.6 Å². The molecule has 7 nitrogen and oxygen atoms in total. The molecule has 0 fully saturated rings. The van der Waals surface area contributed by atoms with Crippen LogP contribution in [0.2, 0.25) is 0 Å². The number of amides is 2. The van der Waals surface area contributed by atoms with Crippen molar-refractivity contribution in [3.05, 3.63) is 65.0 Å². The van der Waals surface area contributed by atoms with Crippen LogP contribution in [0.15, 0.2) is 42.5 Å². The number of aliphatic hydroxyl groups is 1. The Morgan fingerprint density at radius 1 is 1.11 bits per heavy atom. The number of alkyl halides is 3. The highest BCUT2D eigenvalue weighted by molar-refractivity contribution is 5.84. The summed E-state index contributed by atoms with van der Waals surface area (Å²) >= 11 is 0. The molecule has 1 unspecified atom stereocenters. The van der Waals surface area contributed by atoms with Gasteiger partial charge in [0.15, 0.2) is 0 Å². The number of hydrogen-bond acceptors (Lipinski definition) is 5. The van der Waals surface area contributed by atoms with Gasteiger partial charge >= 0.3 is 6.18 Å². The molecule has 2 aromatic rings. The van der Waals surface area contributed by atoms with Crippen LogP contribution in [0.25, 0.3) is 0 Å². The molecule has 3 rings (SSSR count). The second-order valence-electron chi connectivity index (χ2n) is 8.65. The van der Waals surface area contributed by atoms with Crippen LogP contribution in [-0.2, 0) is 28.7 Å². The molecule has 0 spiro atoms. The Morgan fingerprint density at radius 3 is 2.69 bits per heavy atom. The van der Waals surface area contributed by atoms with Crippen molar-refractivity contribution in [1.29, 1.82) is 0 Å². The molecule has 36 heavy (non-hydrogen) atoms. The van der Waals surface area contributed by atoms with E-state index in [4.69, 9.17) is 4.74 Å². The Morgan fingerprint density at radius 2 is 1.92 bits per heavy atom. The van der Waals surface area contributed by atoms with Crippen LogP contribution < -0.4 is 20.7 Å². The summed E-state index contributed by atoms with van der Waals surface area (Å²) in [6.45, 7) is -0.00857. The van der Waals surface area contributed by atoms with Crippen LogP contribution in [0.4, 0.5) is 17.6 Å². The summed E-state index contributed by atoms with van der Waals surface area (Å²) in [6, 6.07) is 8.06. The number of hydrogen-bond donors (Lipinski definition) is 4. The van der Waals surface area contributed by atoms with Crippen molar-refractivity contribution in [2.24, 2.45) is 0 Å². The molecule has 4 N–H and O–H groups in total. The lowest BCUT2D eigenvalue weighted by molar-refractivity contribution is -0.137. The second-order valence-corrected chi connectivity index (χ2v) is 8.65. The van der Waals surface area contributed by atoms with E-state index in [0.717, 1.165) is 12.1 Å². The lowest BCUT2D eigenvalue weighted by Crippen LogP contribution is -2.51. The fraction of sp³-hybridized carbons (Fsp3) is 0.440. The fourth-order valence-corrected chi connectivity index (χ4v) is 3.83. The lowest BCUT2D eigenvalue weighted by atomic mass is 10.00.